The van der Waals surface area contributed by atoms with Crippen LogP contribution in [-0.4, -0.2) is 148 Å². The molecule has 2 saturated heterocycles. The lowest BCUT2D eigenvalue weighted by Gasteiger charge is -2.50. The van der Waals surface area contributed by atoms with Crippen molar-refractivity contribution in [2.24, 2.45) is 28.7 Å². The molecule has 0 spiro atoms. The highest BCUT2D eigenvalue weighted by atomic mass is 16.7. The van der Waals surface area contributed by atoms with Gasteiger partial charge >= 0.3 is 0 Å². The van der Waals surface area contributed by atoms with E-state index >= 15 is 0 Å². The number of hydrogen-bond donors (Lipinski definition) is 12. The number of carbonyl (C=O) groups excluding carboxylic acids is 1. The Bertz CT molecular complexity index is 787. The smallest absolute Gasteiger partial charge is 0.249 e. The van der Waals surface area contributed by atoms with Gasteiger partial charge in [-0.2, -0.15) is 0 Å². The van der Waals surface area contributed by atoms with Gasteiger partial charge in [-0.3, -0.25) is 4.79 Å². The fourth-order valence-electron chi connectivity index (χ4n) is 5.03. The molecule has 2 aliphatic heterocycles. The van der Waals surface area contributed by atoms with E-state index in [-0.39, 0.29) is 25.6 Å². The van der Waals surface area contributed by atoms with Crippen molar-refractivity contribution in [2.45, 2.75) is 111 Å². The maximum Gasteiger partial charge on any atom is 0.249 e. The van der Waals surface area contributed by atoms with Gasteiger partial charge in [0.2, 0.25) is 5.91 Å². The minimum atomic E-state index is -1.68. The van der Waals surface area contributed by atoms with Crippen LogP contribution in [-0.2, 0) is 23.7 Å². The molecule has 1 amide bonds. The van der Waals surface area contributed by atoms with E-state index in [1.54, 1.807) is 0 Å². The van der Waals surface area contributed by atoms with Crippen LogP contribution in [0.1, 0.15) is 19.3 Å². The number of rotatable bonds is 10. The van der Waals surface area contributed by atoms with E-state index in [2.05, 4.69) is 5.32 Å². The molecule has 228 valence electrons. The largest absolute Gasteiger partial charge is 0.394 e. The van der Waals surface area contributed by atoms with Gasteiger partial charge in [0, 0.05) is 6.54 Å². The lowest BCUT2D eigenvalue weighted by atomic mass is 9.81. The number of amides is 1. The van der Waals surface area contributed by atoms with Crippen LogP contribution in [0.3, 0.4) is 0 Å². The number of aliphatic hydroxyl groups is 6. The molecule has 1 aliphatic carbocycles. The van der Waals surface area contributed by atoms with Crippen LogP contribution in [0.4, 0.5) is 0 Å². The SMILES string of the molecule is NCC[C@H](O)C(=O)NC1C(O)[C@H](N)C(O[C@H]2OC(CN)CCC2N)[C@H](O)[C@H]1O[C@H]1OC(CO)[C@@H](O)C(N)C1O. The molecule has 0 bridgehead atoms. The first kappa shape index (κ1) is 32.4. The van der Waals surface area contributed by atoms with E-state index in [0.717, 1.165) is 0 Å². The highest BCUT2D eigenvalue weighted by molar-refractivity contribution is 5.81. The zero-order valence-corrected chi connectivity index (χ0v) is 21.5. The summed E-state index contributed by atoms with van der Waals surface area (Å²) in [6, 6.07) is -4.65. The summed E-state index contributed by atoms with van der Waals surface area (Å²) in [6.07, 6.45) is -14.1. The minimum absolute atomic E-state index is 0.00387. The molecule has 15 atom stereocenters. The Morgan fingerprint density at radius 2 is 1.56 bits per heavy atom. The molecule has 3 fully saturated rings. The van der Waals surface area contributed by atoms with Gasteiger partial charge in [0.05, 0.1) is 43.0 Å². The Labute approximate surface area is 225 Å². The quantitative estimate of drug-likeness (QED) is 0.116. The van der Waals surface area contributed by atoms with Gasteiger partial charge in [-0.25, -0.2) is 0 Å². The third-order valence-corrected chi connectivity index (χ3v) is 7.50. The molecule has 17 N–H and O–H groups in total. The second kappa shape index (κ2) is 14.2. The van der Waals surface area contributed by atoms with E-state index in [9.17, 15) is 35.4 Å². The Balaban J connectivity index is 1.88. The van der Waals surface area contributed by atoms with Gasteiger partial charge in [-0.15, -0.1) is 0 Å². The van der Waals surface area contributed by atoms with Gasteiger partial charge in [0.1, 0.15) is 42.7 Å². The number of nitrogens with one attached hydrogen (secondary N) is 1. The van der Waals surface area contributed by atoms with Crippen LogP contribution < -0.4 is 34.0 Å². The summed E-state index contributed by atoms with van der Waals surface area (Å²) < 4.78 is 23.0. The summed E-state index contributed by atoms with van der Waals surface area (Å²) in [5.41, 5.74) is 29.4. The van der Waals surface area contributed by atoms with Gasteiger partial charge in [0.15, 0.2) is 12.6 Å². The first-order valence-corrected chi connectivity index (χ1v) is 13.0. The topological polar surface area (TPSA) is 317 Å². The molecule has 3 aliphatic rings. The standard InChI is InChI=1S/C22H44N6O11/c23-4-3-9(30)20(35)28-13-15(32)12(27)18(38-21-8(25)2-1-7(5-24)36-21)17(34)19(13)39-22-16(33)11(26)14(31)10(6-29)37-22/h7-19,21-22,29-34H,1-6,23-27H2,(H,28,35)/t7?,8?,9-,10?,11?,12-,13?,14+,15?,16?,17-,18?,19-,21+,22+/m0/s1. The highest BCUT2D eigenvalue weighted by Crippen LogP contribution is 2.31. The van der Waals surface area contributed by atoms with Gasteiger partial charge in [-0.1, -0.05) is 0 Å². The van der Waals surface area contributed by atoms with Crippen molar-refractivity contribution in [1.29, 1.82) is 0 Å². The molecule has 39 heavy (non-hydrogen) atoms. The van der Waals surface area contributed by atoms with Crippen LogP contribution in [0.25, 0.3) is 0 Å². The average molecular weight is 569 g/mol. The highest BCUT2D eigenvalue weighted by Gasteiger charge is 2.54. The first-order chi connectivity index (χ1) is 18.4. The monoisotopic (exact) mass is 568 g/mol. The van der Waals surface area contributed by atoms with E-state index < -0.39 is 98.1 Å². The van der Waals surface area contributed by atoms with Gasteiger partial charge in [-0.05, 0) is 25.8 Å². The maximum atomic E-state index is 12.6. The molecule has 0 aromatic rings. The normalized spacial score (nSPS) is 46.0. The molecular formula is C22H44N6O11. The minimum Gasteiger partial charge on any atom is -0.394 e. The number of hydrogen-bond acceptors (Lipinski definition) is 16. The van der Waals surface area contributed by atoms with E-state index in [1.165, 1.54) is 0 Å². The Morgan fingerprint density at radius 3 is 2.18 bits per heavy atom. The summed E-state index contributed by atoms with van der Waals surface area (Å²) in [4.78, 5) is 12.6. The number of carbonyl (C=O) groups is 1. The average Bonchev–Trinajstić information content (AvgIpc) is 2.92. The zero-order chi connectivity index (χ0) is 29.0. The number of ether oxygens (including phenoxy) is 4. The number of aliphatic hydroxyl groups excluding tert-OH is 6. The Kier molecular flexibility index (Phi) is 11.8. The van der Waals surface area contributed by atoms with Gasteiger partial charge < -0.3 is 83.6 Å². The molecule has 17 nitrogen and oxygen atoms in total. The Hall–Kier alpha value is -1.13. The molecular weight excluding hydrogens is 524 g/mol. The van der Waals surface area contributed by atoms with Crippen molar-refractivity contribution < 1.29 is 54.4 Å². The predicted octanol–water partition coefficient (Wildman–Crippen LogP) is -7.43. The van der Waals surface area contributed by atoms with E-state index in [4.69, 9.17) is 47.6 Å². The van der Waals surface area contributed by atoms with Crippen LogP contribution >= 0.6 is 0 Å². The molecule has 1 saturated carbocycles. The fraction of sp³-hybridized carbons (Fsp3) is 0.955. The number of nitrogens with two attached hydrogens (primary N) is 5. The molecule has 0 radical (unpaired) electrons. The molecule has 8 unspecified atom stereocenters. The summed E-state index contributed by atoms with van der Waals surface area (Å²) >= 11 is 0. The third kappa shape index (κ3) is 7.21. The van der Waals surface area contributed by atoms with Crippen molar-refractivity contribution >= 4 is 5.91 Å². The summed E-state index contributed by atoms with van der Waals surface area (Å²) in [7, 11) is 0. The van der Waals surface area contributed by atoms with Crippen LogP contribution in [0.2, 0.25) is 0 Å². The van der Waals surface area contributed by atoms with Gasteiger partial charge in [0.25, 0.3) is 0 Å². The molecule has 0 aromatic heterocycles. The third-order valence-electron chi connectivity index (χ3n) is 7.50. The van der Waals surface area contributed by atoms with Crippen molar-refractivity contribution in [3.8, 4) is 0 Å². The maximum absolute atomic E-state index is 12.6. The summed E-state index contributed by atoms with van der Waals surface area (Å²) in [5.74, 6) is -0.925. The molecule has 17 heteroatoms. The summed E-state index contributed by atoms with van der Waals surface area (Å²) in [5, 5.41) is 65.3. The fourth-order valence-corrected chi connectivity index (χ4v) is 5.03. The van der Waals surface area contributed by atoms with Crippen LogP contribution in [0, 0.1) is 0 Å². The second-order valence-electron chi connectivity index (χ2n) is 10.3. The second-order valence-corrected chi connectivity index (χ2v) is 10.3. The predicted molar refractivity (Wildman–Crippen MR) is 132 cm³/mol. The van der Waals surface area contributed by atoms with Crippen LogP contribution in [0.15, 0.2) is 0 Å². The molecule has 3 rings (SSSR count). The van der Waals surface area contributed by atoms with E-state index in [0.29, 0.717) is 12.8 Å². The van der Waals surface area contributed by atoms with Crippen molar-refractivity contribution in [3.05, 3.63) is 0 Å². The van der Waals surface area contributed by atoms with E-state index in [1.807, 2.05) is 0 Å². The van der Waals surface area contributed by atoms with Crippen LogP contribution in [0.5, 0.6) is 0 Å². The lowest BCUT2D eigenvalue weighted by Crippen LogP contribution is -2.74. The zero-order valence-electron chi connectivity index (χ0n) is 21.5. The van der Waals surface area contributed by atoms with Crippen molar-refractivity contribution in [2.75, 3.05) is 19.7 Å². The summed E-state index contributed by atoms with van der Waals surface area (Å²) in [6.45, 7) is -0.469. The first-order valence-electron chi connectivity index (χ1n) is 13.0. The van der Waals surface area contributed by atoms with Crippen molar-refractivity contribution in [3.63, 3.8) is 0 Å². The lowest BCUT2D eigenvalue weighted by molar-refractivity contribution is -0.319. The molecule has 2 heterocycles. The Morgan fingerprint density at radius 1 is 0.897 bits per heavy atom. The molecule has 0 aromatic carbocycles. The van der Waals surface area contributed by atoms with Crippen molar-refractivity contribution in [1.82, 2.24) is 5.32 Å².